The van der Waals surface area contributed by atoms with Crippen molar-refractivity contribution in [2.45, 2.75) is 49.9 Å². The normalized spacial score (nSPS) is 32.5. The highest BCUT2D eigenvalue weighted by Gasteiger charge is 2.50. The molecule has 0 unspecified atom stereocenters. The van der Waals surface area contributed by atoms with Crippen LogP contribution in [0.4, 0.5) is 4.79 Å². The van der Waals surface area contributed by atoms with E-state index < -0.39 is 5.60 Å². The summed E-state index contributed by atoms with van der Waals surface area (Å²) in [7, 11) is 0. The molecule has 4 rings (SSSR count). The zero-order valence-electron chi connectivity index (χ0n) is 15.2. The number of rotatable bonds is 1. The van der Waals surface area contributed by atoms with E-state index in [1.165, 1.54) is 0 Å². The highest BCUT2D eigenvalue weighted by Crippen LogP contribution is 2.43. The van der Waals surface area contributed by atoms with Crippen LogP contribution in [-0.2, 0) is 9.47 Å². The van der Waals surface area contributed by atoms with Crippen LogP contribution in [0, 0.1) is 17.8 Å². The van der Waals surface area contributed by atoms with Gasteiger partial charge < -0.3 is 19.5 Å². The zero-order valence-corrected chi connectivity index (χ0v) is 16.0. The summed E-state index contributed by atoms with van der Waals surface area (Å²) in [5.74, 6) is 6.12. The molecule has 0 radical (unpaired) electrons. The number of hydrogen-bond acceptors (Lipinski definition) is 4. The lowest BCUT2D eigenvalue weighted by Crippen LogP contribution is -2.50. The molecule has 5 nitrogen and oxygen atoms in total. The van der Waals surface area contributed by atoms with Gasteiger partial charge in [0, 0.05) is 35.5 Å². The largest absolute Gasteiger partial charge is 0.444 e. The molecule has 2 saturated heterocycles. The van der Waals surface area contributed by atoms with Gasteiger partial charge in [0.1, 0.15) is 11.7 Å². The van der Waals surface area contributed by atoms with Gasteiger partial charge in [0.25, 0.3) is 0 Å². The third kappa shape index (κ3) is 3.94. The first-order valence-electron chi connectivity index (χ1n) is 9.61. The van der Waals surface area contributed by atoms with Crippen LogP contribution in [0.2, 0.25) is 5.02 Å². The fourth-order valence-corrected chi connectivity index (χ4v) is 4.67. The van der Waals surface area contributed by atoms with Gasteiger partial charge >= 0.3 is 6.09 Å². The molecule has 6 heteroatoms. The fourth-order valence-electron chi connectivity index (χ4n) is 4.48. The first-order chi connectivity index (χ1) is 13.0. The molecule has 0 aromatic heterocycles. The molecule has 1 N–H and O–H groups in total. The Hall–Kier alpha value is -1.74. The molecule has 3 aliphatic rings. The van der Waals surface area contributed by atoms with Crippen molar-refractivity contribution in [3.63, 3.8) is 0 Å². The number of benzene rings is 1. The Kier molecular flexibility index (Phi) is 5.32. The van der Waals surface area contributed by atoms with Gasteiger partial charge in [0.05, 0.1) is 13.2 Å². The van der Waals surface area contributed by atoms with Gasteiger partial charge in [-0.05, 0) is 43.9 Å². The van der Waals surface area contributed by atoms with Crippen LogP contribution in [0.3, 0.4) is 0 Å². The Labute approximate surface area is 164 Å². The number of carbonyl (C=O) groups excluding carboxylic acids is 1. The van der Waals surface area contributed by atoms with Crippen LogP contribution in [0.25, 0.3) is 0 Å². The molecular formula is C21H24ClNO4. The average Bonchev–Trinajstić information content (AvgIpc) is 3.30. The summed E-state index contributed by atoms with van der Waals surface area (Å²) in [4.78, 5) is 14.4. The number of halogens is 1. The number of hydrogen-bond donors (Lipinski definition) is 1. The molecule has 1 aliphatic carbocycles. The number of amides is 1. The maximum Gasteiger partial charge on any atom is 0.410 e. The van der Waals surface area contributed by atoms with E-state index in [1.807, 2.05) is 12.1 Å². The summed E-state index contributed by atoms with van der Waals surface area (Å²) >= 11 is 6.02. The smallest absolute Gasteiger partial charge is 0.410 e. The van der Waals surface area contributed by atoms with Crippen molar-refractivity contribution >= 4 is 17.7 Å². The maximum atomic E-state index is 12.6. The molecule has 1 aromatic rings. The van der Waals surface area contributed by atoms with Gasteiger partial charge in [-0.25, -0.2) is 4.79 Å². The summed E-state index contributed by atoms with van der Waals surface area (Å²) in [5, 5.41) is 11.9. The minimum absolute atomic E-state index is 0.0211. The van der Waals surface area contributed by atoms with E-state index in [9.17, 15) is 9.90 Å². The molecule has 1 aromatic carbocycles. The van der Waals surface area contributed by atoms with Gasteiger partial charge in [0.15, 0.2) is 0 Å². The third-order valence-electron chi connectivity index (χ3n) is 5.85. The first-order valence-corrected chi connectivity index (χ1v) is 9.99. The Morgan fingerprint density at radius 1 is 1.37 bits per heavy atom. The van der Waals surface area contributed by atoms with E-state index in [1.54, 1.807) is 17.0 Å². The number of aliphatic hydroxyl groups is 1. The Balaban J connectivity index is 1.48. The number of likely N-dealkylation sites (tertiary alicyclic amines) is 1. The molecular weight excluding hydrogens is 366 g/mol. The summed E-state index contributed by atoms with van der Waals surface area (Å²) in [6.45, 7) is 1.72. The second kappa shape index (κ2) is 7.71. The van der Waals surface area contributed by atoms with Crippen molar-refractivity contribution in [1.29, 1.82) is 0 Å². The van der Waals surface area contributed by atoms with E-state index in [-0.39, 0.29) is 24.2 Å². The van der Waals surface area contributed by atoms with Crippen LogP contribution in [-0.4, -0.2) is 53.6 Å². The average molecular weight is 390 g/mol. The van der Waals surface area contributed by atoms with Gasteiger partial charge in [-0.15, -0.1) is 0 Å². The number of ether oxygens (including phenoxy) is 2. The van der Waals surface area contributed by atoms with Crippen molar-refractivity contribution in [1.82, 2.24) is 4.90 Å². The Morgan fingerprint density at radius 2 is 2.26 bits per heavy atom. The highest BCUT2D eigenvalue weighted by molar-refractivity contribution is 6.30. The minimum atomic E-state index is -1.09. The Morgan fingerprint density at radius 3 is 3.04 bits per heavy atom. The molecule has 0 spiro atoms. The third-order valence-corrected chi connectivity index (χ3v) is 6.09. The second-order valence-corrected chi connectivity index (χ2v) is 8.04. The summed E-state index contributed by atoms with van der Waals surface area (Å²) in [5.41, 5.74) is -0.301. The van der Waals surface area contributed by atoms with Gasteiger partial charge in [-0.1, -0.05) is 29.5 Å². The molecule has 1 amide bonds. The molecule has 0 bridgehead atoms. The van der Waals surface area contributed by atoms with E-state index in [0.29, 0.717) is 31.2 Å². The molecule has 27 heavy (non-hydrogen) atoms. The zero-order chi connectivity index (χ0) is 18.9. The van der Waals surface area contributed by atoms with Crippen LogP contribution in [0.15, 0.2) is 24.3 Å². The molecule has 4 atom stereocenters. The molecule has 1 saturated carbocycles. The van der Waals surface area contributed by atoms with Crippen molar-refractivity contribution < 1.29 is 19.4 Å². The van der Waals surface area contributed by atoms with E-state index in [2.05, 4.69) is 11.8 Å². The Bertz CT molecular complexity index is 767. The number of fused-ring (bicyclic) bond motifs is 1. The van der Waals surface area contributed by atoms with Crippen LogP contribution >= 0.6 is 11.6 Å². The van der Waals surface area contributed by atoms with Crippen molar-refractivity contribution in [3.05, 3.63) is 34.9 Å². The lowest BCUT2D eigenvalue weighted by molar-refractivity contribution is -0.0181. The van der Waals surface area contributed by atoms with Gasteiger partial charge in [-0.3, -0.25) is 0 Å². The standard InChI is InChI=1S/C21H24ClNO4/c22-16-4-1-3-15(13-16)6-10-21(25)9-2-5-19-18(21)7-11-23(19)20(24)27-17-8-12-26-14-17/h1,3-4,13,17-19,25H,2,5,7-9,11-12,14H2/t17-,18-,19-,21+/m0/s1. The fraction of sp³-hybridized carbons (Fsp3) is 0.571. The summed E-state index contributed by atoms with van der Waals surface area (Å²) in [6, 6.07) is 7.30. The maximum absolute atomic E-state index is 12.6. The van der Waals surface area contributed by atoms with Crippen molar-refractivity contribution in [2.75, 3.05) is 19.8 Å². The number of nitrogens with zero attached hydrogens (tertiary/aromatic N) is 1. The van der Waals surface area contributed by atoms with Crippen molar-refractivity contribution in [3.8, 4) is 11.8 Å². The monoisotopic (exact) mass is 389 g/mol. The molecule has 2 aliphatic heterocycles. The van der Waals surface area contributed by atoms with E-state index in [4.69, 9.17) is 21.1 Å². The SMILES string of the molecule is O=C(O[C@H]1CCOC1)N1CC[C@H]2[C@@H]1CCC[C@@]2(O)C#Cc1cccc(Cl)c1. The van der Waals surface area contributed by atoms with Crippen LogP contribution < -0.4 is 0 Å². The lowest BCUT2D eigenvalue weighted by Gasteiger charge is -2.40. The molecule has 144 valence electrons. The second-order valence-electron chi connectivity index (χ2n) is 7.60. The first kappa shape index (κ1) is 18.6. The summed E-state index contributed by atoms with van der Waals surface area (Å²) in [6.07, 6.45) is 3.39. The minimum Gasteiger partial charge on any atom is -0.444 e. The summed E-state index contributed by atoms with van der Waals surface area (Å²) < 4.78 is 10.9. The van der Waals surface area contributed by atoms with Crippen LogP contribution in [0.5, 0.6) is 0 Å². The van der Waals surface area contributed by atoms with Gasteiger partial charge in [-0.2, -0.15) is 0 Å². The molecule has 2 heterocycles. The van der Waals surface area contributed by atoms with Crippen LogP contribution in [0.1, 0.15) is 37.7 Å². The van der Waals surface area contributed by atoms with Gasteiger partial charge in [0.2, 0.25) is 0 Å². The predicted octanol–water partition coefficient (Wildman–Crippen LogP) is 3.22. The number of carbonyl (C=O) groups is 1. The lowest BCUT2D eigenvalue weighted by atomic mass is 9.73. The molecule has 3 fully saturated rings. The highest BCUT2D eigenvalue weighted by atomic mass is 35.5. The van der Waals surface area contributed by atoms with E-state index >= 15 is 0 Å². The predicted molar refractivity (Wildman–Crippen MR) is 101 cm³/mol. The van der Waals surface area contributed by atoms with Crippen molar-refractivity contribution in [2.24, 2.45) is 5.92 Å². The van der Waals surface area contributed by atoms with E-state index in [0.717, 1.165) is 31.2 Å². The topological polar surface area (TPSA) is 59.0 Å². The quantitative estimate of drug-likeness (QED) is 0.749.